The van der Waals surface area contributed by atoms with E-state index in [1.807, 2.05) is 25.1 Å². The molecule has 1 aliphatic rings. The van der Waals surface area contributed by atoms with Crippen LogP contribution < -0.4 is 14.2 Å². The van der Waals surface area contributed by atoms with E-state index in [0.29, 0.717) is 6.04 Å². The Kier molecular flexibility index (Phi) is 5.48. The van der Waals surface area contributed by atoms with Crippen LogP contribution in [0.5, 0.6) is 23.0 Å². The lowest BCUT2D eigenvalue weighted by Gasteiger charge is -2.39. The Hall–Kier alpha value is -2.92. The van der Waals surface area contributed by atoms with E-state index < -0.39 is 0 Å². The van der Waals surface area contributed by atoms with E-state index in [2.05, 4.69) is 31.9 Å². The van der Waals surface area contributed by atoms with Crippen LogP contribution in [-0.2, 0) is 6.42 Å². The summed E-state index contributed by atoms with van der Waals surface area (Å²) in [5.74, 6) is 2.47. The first-order valence-corrected chi connectivity index (χ1v) is 10.6. The molecule has 0 bridgehead atoms. The lowest BCUT2D eigenvalue weighted by atomic mass is 9.82. The predicted molar refractivity (Wildman–Crippen MR) is 125 cm³/mol. The van der Waals surface area contributed by atoms with Crippen LogP contribution >= 0.6 is 0 Å². The second-order valence-electron chi connectivity index (χ2n) is 8.46. The van der Waals surface area contributed by atoms with Gasteiger partial charge in [-0.1, -0.05) is 6.07 Å². The molecule has 0 aromatic heterocycles. The molecule has 3 aromatic carbocycles. The maximum absolute atomic E-state index is 11.2. The molecule has 1 heterocycles. The van der Waals surface area contributed by atoms with Crippen molar-refractivity contribution in [2.24, 2.45) is 0 Å². The molecular weight excluding hydrogens is 390 g/mol. The zero-order valence-corrected chi connectivity index (χ0v) is 19.4. The minimum absolute atomic E-state index is 0.175. The van der Waals surface area contributed by atoms with E-state index in [4.69, 9.17) is 14.2 Å². The minimum atomic E-state index is 0.175. The van der Waals surface area contributed by atoms with E-state index >= 15 is 0 Å². The maximum atomic E-state index is 11.2. The van der Waals surface area contributed by atoms with Crippen LogP contribution in [0.15, 0.2) is 30.3 Å². The zero-order chi connectivity index (χ0) is 22.4. The molecule has 0 saturated carbocycles. The number of hydrogen-bond acceptors (Lipinski definition) is 5. The Morgan fingerprint density at radius 2 is 1.61 bits per heavy atom. The summed E-state index contributed by atoms with van der Waals surface area (Å²) in [6.07, 6.45) is 0.826. The highest BCUT2D eigenvalue weighted by molar-refractivity contribution is 6.05. The molecule has 3 aromatic rings. The van der Waals surface area contributed by atoms with E-state index in [1.54, 1.807) is 27.4 Å². The van der Waals surface area contributed by atoms with Crippen molar-refractivity contribution in [2.45, 2.75) is 39.3 Å². The third-order valence-corrected chi connectivity index (χ3v) is 6.75. The van der Waals surface area contributed by atoms with Crippen LogP contribution in [0.2, 0.25) is 0 Å². The fourth-order valence-corrected chi connectivity index (χ4v) is 4.98. The number of fused-ring (bicyclic) bond motifs is 2. The van der Waals surface area contributed by atoms with Crippen LogP contribution in [-0.4, -0.2) is 44.4 Å². The molecule has 1 aliphatic heterocycles. The average molecular weight is 422 g/mol. The van der Waals surface area contributed by atoms with Gasteiger partial charge in [-0.2, -0.15) is 0 Å². The minimum Gasteiger partial charge on any atom is -0.507 e. The SMILES string of the molecule is COc1cc(O)c(-c2ccc(OC)c3c(OC)cc(C)cc23)c2c1[C@H](C)N(C)[C@H](C)C2. The van der Waals surface area contributed by atoms with Gasteiger partial charge in [-0.15, -0.1) is 0 Å². The van der Waals surface area contributed by atoms with Gasteiger partial charge in [0.05, 0.1) is 26.7 Å². The molecule has 0 spiro atoms. The van der Waals surface area contributed by atoms with Crippen LogP contribution in [0.25, 0.3) is 21.9 Å². The number of benzene rings is 3. The van der Waals surface area contributed by atoms with Crippen LogP contribution in [0.4, 0.5) is 0 Å². The fourth-order valence-electron chi connectivity index (χ4n) is 4.98. The molecule has 0 saturated heterocycles. The molecule has 2 atom stereocenters. The number of nitrogens with zero attached hydrogens (tertiary/aromatic N) is 1. The average Bonchev–Trinajstić information content (AvgIpc) is 2.76. The summed E-state index contributed by atoms with van der Waals surface area (Å²) >= 11 is 0. The van der Waals surface area contributed by atoms with Gasteiger partial charge in [0.2, 0.25) is 0 Å². The first-order valence-electron chi connectivity index (χ1n) is 10.6. The standard InChI is InChI=1S/C26H31NO4/c1-14-10-18-17(8-9-21(29-5)26(18)22(11-14)30-6)25-19-12-15(2)27(4)16(3)24(19)23(31-7)13-20(25)28/h8-11,13,15-16,28H,12H2,1-7H3/t15-,16+/m1/s1. The van der Waals surface area contributed by atoms with Gasteiger partial charge < -0.3 is 19.3 Å². The number of ether oxygens (including phenoxy) is 3. The molecular formula is C26H31NO4. The van der Waals surface area contributed by atoms with Crippen LogP contribution in [0.3, 0.4) is 0 Å². The fraction of sp³-hybridized carbons (Fsp3) is 0.385. The van der Waals surface area contributed by atoms with Gasteiger partial charge in [0.15, 0.2) is 0 Å². The highest BCUT2D eigenvalue weighted by atomic mass is 16.5. The lowest BCUT2D eigenvalue weighted by molar-refractivity contribution is 0.175. The van der Waals surface area contributed by atoms with Crippen molar-refractivity contribution in [1.29, 1.82) is 0 Å². The van der Waals surface area contributed by atoms with Crippen molar-refractivity contribution in [2.75, 3.05) is 28.4 Å². The Balaban J connectivity index is 2.12. The first-order chi connectivity index (χ1) is 14.8. The number of phenols is 1. The van der Waals surface area contributed by atoms with Gasteiger partial charge in [-0.05, 0) is 74.5 Å². The van der Waals surface area contributed by atoms with Crippen molar-refractivity contribution in [1.82, 2.24) is 4.90 Å². The molecule has 0 aliphatic carbocycles. The summed E-state index contributed by atoms with van der Waals surface area (Å²) in [5.41, 5.74) is 5.20. The second-order valence-corrected chi connectivity index (χ2v) is 8.46. The molecule has 5 heteroatoms. The number of rotatable bonds is 4. The summed E-state index contributed by atoms with van der Waals surface area (Å²) in [6.45, 7) is 6.46. The number of likely N-dealkylation sites (N-methyl/N-ethyl adjacent to an activating group) is 1. The van der Waals surface area contributed by atoms with Gasteiger partial charge in [0.1, 0.15) is 23.0 Å². The summed E-state index contributed by atoms with van der Waals surface area (Å²) in [7, 11) is 7.14. The van der Waals surface area contributed by atoms with Gasteiger partial charge >= 0.3 is 0 Å². The molecule has 5 nitrogen and oxygen atoms in total. The van der Waals surface area contributed by atoms with Gasteiger partial charge in [0, 0.05) is 29.3 Å². The van der Waals surface area contributed by atoms with Gasteiger partial charge in [0.25, 0.3) is 0 Å². The molecule has 164 valence electrons. The number of aromatic hydroxyl groups is 1. The molecule has 4 rings (SSSR count). The Bertz CT molecular complexity index is 1150. The van der Waals surface area contributed by atoms with E-state index in [-0.39, 0.29) is 11.8 Å². The summed E-state index contributed by atoms with van der Waals surface area (Å²) in [5, 5.41) is 13.1. The Morgan fingerprint density at radius 3 is 2.26 bits per heavy atom. The third-order valence-electron chi connectivity index (χ3n) is 6.75. The lowest BCUT2D eigenvalue weighted by Crippen LogP contribution is -2.38. The van der Waals surface area contributed by atoms with Crippen LogP contribution in [0.1, 0.15) is 36.6 Å². The highest BCUT2D eigenvalue weighted by Crippen LogP contribution is 2.50. The van der Waals surface area contributed by atoms with Crippen molar-refractivity contribution >= 4 is 10.8 Å². The largest absolute Gasteiger partial charge is 0.507 e. The van der Waals surface area contributed by atoms with Crippen molar-refractivity contribution in [3.05, 3.63) is 47.0 Å². The second kappa shape index (κ2) is 7.97. The summed E-state index contributed by atoms with van der Waals surface area (Å²) in [6, 6.07) is 10.4. The normalized spacial score (nSPS) is 18.7. The molecule has 1 N–H and O–H groups in total. The summed E-state index contributed by atoms with van der Waals surface area (Å²) in [4.78, 5) is 2.35. The van der Waals surface area contributed by atoms with E-state index in [0.717, 1.165) is 62.3 Å². The summed E-state index contributed by atoms with van der Waals surface area (Å²) < 4.78 is 17.1. The first kappa shape index (κ1) is 21.3. The maximum Gasteiger partial charge on any atom is 0.130 e. The Morgan fingerprint density at radius 1 is 0.935 bits per heavy atom. The molecule has 31 heavy (non-hydrogen) atoms. The predicted octanol–water partition coefficient (Wildman–Crippen LogP) is 5.48. The van der Waals surface area contributed by atoms with E-state index in [9.17, 15) is 5.11 Å². The highest BCUT2D eigenvalue weighted by Gasteiger charge is 2.33. The van der Waals surface area contributed by atoms with Crippen LogP contribution in [0, 0.1) is 6.92 Å². The number of phenolic OH excluding ortho intramolecular Hbond substituents is 1. The molecule has 0 radical (unpaired) electrons. The van der Waals surface area contributed by atoms with Crippen molar-refractivity contribution in [3.63, 3.8) is 0 Å². The van der Waals surface area contributed by atoms with E-state index in [1.165, 1.54) is 0 Å². The number of methoxy groups -OCH3 is 3. The Labute approximate surface area is 184 Å². The van der Waals surface area contributed by atoms with Crippen molar-refractivity contribution < 1.29 is 19.3 Å². The molecule has 0 amide bonds. The molecule has 0 unspecified atom stereocenters. The number of aryl methyl sites for hydroxylation is 1. The van der Waals surface area contributed by atoms with Gasteiger partial charge in [-0.3, -0.25) is 4.90 Å². The quantitative estimate of drug-likeness (QED) is 0.604. The monoisotopic (exact) mass is 421 g/mol. The topological polar surface area (TPSA) is 51.2 Å². The number of hydrogen-bond donors (Lipinski definition) is 1. The third kappa shape index (κ3) is 3.28. The van der Waals surface area contributed by atoms with Gasteiger partial charge in [-0.25, -0.2) is 0 Å². The van der Waals surface area contributed by atoms with Crippen molar-refractivity contribution in [3.8, 4) is 34.1 Å². The molecule has 0 fully saturated rings. The smallest absolute Gasteiger partial charge is 0.130 e. The zero-order valence-electron chi connectivity index (χ0n) is 19.4.